The number of hydrogen-bond acceptors (Lipinski definition) is 3. The van der Waals surface area contributed by atoms with Crippen molar-refractivity contribution in [1.29, 1.82) is 0 Å². The second-order valence-electron chi connectivity index (χ2n) is 7.71. The van der Waals surface area contributed by atoms with Crippen molar-refractivity contribution >= 4 is 5.97 Å². The molecule has 1 saturated carbocycles. The van der Waals surface area contributed by atoms with Crippen molar-refractivity contribution in [3.05, 3.63) is 11.6 Å². The quantitative estimate of drug-likeness (QED) is 0.621. The molecule has 2 aliphatic rings. The fraction of sp³-hybridized carbons (Fsp3) is 0.824. The highest BCUT2D eigenvalue weighted by atomic mass is 16.6. The summed E-state index contributed by atoms with van der Waals surface area (Å²) in [5.41, 5.74) is 1.14. The largest absolute Gasteiger partial charge is 0.460 e. The molecule has 0 heterocycles. The molecule has 0 saturated heterocycles. The maximum Gasteiger partial charge on any atom is 0.306 e. The van der Waals surface area contributed by atoms with Gasteiger partial charge in [0.25, 0.3) is 0 Å². The van der Waals surface area contributed by atoms with E-state index in [0.29, 0.717) is 6.42 Å². The third-order valence-electron chi connectivity index (χ3n) is 4.63. The molecule has 0 unspecified atom stereocenters. The maximum atomic E-state index is 12.0. The first kappa shape index (κ1) is 15.6. The number of allylic oxidation sites excluding steroid dienone is 1. The fourth-order valence-corrected chi connectivity index (χ4v) is 3.65. The zero-order valence-corrected chi connectivity index (χ0v) is 13.2. The third-order valence-corrected chi connectivity index (χ3v) is 4.63. The summed E-state index contributed by atoms with van der Waals surface area (Å²) in [7, 11) is 0. The van der Waals surface area contributed by atoms with Crippen LogP contribution in [0.2, 0.25) is 0 Å². The molecule has 0 spiro atoms. The standard InChI is InChI=1S/C17H28O3/c1-16(2,3)20-15(19)9-12-11-17(4)8-6-5-7-13(17)10-14(12)18/h7,12,14,18H,5-6,8-11H2,1-4H3/t12-,14-,17+/m0/s1. The number of fused-ring (bicyclic) bond motifs is 1. The smallest absolute Gasteiger partial charge is 0.306 e. The van der Waals surface area contributed by atoms with Crippen LogP contribution in [-0.4, -0.2) is 22.8 Å². The average molecular weight is 280 g/mol. The van der Waals surface area contributed by atoms with Gasteiger partial charge in [0.1, 0.15) is 5.60 Å². The number of carbonyl (C=O) groups excluding carboxylic acids is 1. The van der Waals surface area contributed by atoms with Crippen molar-refractivity contribution in [3.63, 3.8) is 0 Å². The van der Waals surface area contributed by atoms with Gasteiger partial charge >= 0.3 is 5.97 Å². The van der Waals surface area contributed by atoms with E-state index in [-0.39, 0.29) is 17.3 Å². The molecule has 3 heteroatoms. The van der Waals surface area contributed by atoms with Crippen LogP contribution in [0.15, 0.2) is 11.6 Å². The molecule has 114 valence electrons. The number of rotatable bonds is 2. The van der Waals surface area contributed by atoms with Gasteiger partial charge in [-0.2, -0.15) is 0 Å². The number of hydrogen-bond donors (Lipinski definition) is 1. The Hall–Kier alpha value is -0.830. The van der Waals surface area contributed by atoms with Gasteiger partial charge in [-0.3, -0.25) is 4.79 Å². The topological polar surface area (TPSA) is 46.5 Å². The van der Waals surface area contributed by atoms with Gasteiger partial charge in [-0.05, 0) is 64.2 Å². The number of ether oxygens (including phenoxy) is 1. The van der Waals surface area contributed by atoms with Crippen molar-refractivity contribution < 1.29 is 14.6 Å². The highest BCUT2D eigenvalue weighted by Crippen LogP contribution is 2.49. The Labute approximate surface area is 122 Å². The molecule has 3 atom stereocenters. The summed E-state index contributed by atoms with van der Waals surface area (Å²) < 4.78 is 5.39. The molecule has 2 aliphatic carbocycles. The minimum atomic E-state index is -0.448. The monoisotopic (exact) mass is 280 g/mol. The van der Waals surface area contributed by atoms with Gasteiger partial charge in [0.05, 0.1) is 12.5 Å². The second kappa shape index (κ2) is 5.51. The molecule has 1 fully saturated rings. The third kappa shape index (κ3) is 3.63. The van der Waals surface area contributed by atoms with Crippen molar-refractivity contribution in [2.45, 2.75) is 77.9 Å². The lowest BCUT2D eigenvalue weighted by Gasteiger charge is -2.45. The number of carbonyl (C=O) groups is 1. The molecule has 0 bridgehead atoms. The van der Waals surface area contributed by atoms with Gasteiger partial charge in [0, 0.05) is 0 Å². The van der Waals surface area contributed by atoms with E-state index < -0.39 is 11.7 Å². The Morgan fingerprint density at radius 1 is 1.50 bits per heavy atom. The van der Waals surface area contributed by atoms with Gasteiger partial charge < -0.3 is 9.84 Å². The fourth-order valence-electron chi connectivity index (χ4n) is 3.65. The lowest BCUT2D eigenvalue weighted by atomic mass is 9.61. The first-order chi connectivity index (χ1) is 9.20. The van der Waals surface area contributed by atoms with Crippen molar-refractivity contribution in [3.8, 4) is 0 Å². The normalized spacial score (nSPS) is 34.1. The van der Waals surface area contributed by atoms with Crippen molar-refractivity contribution in [2.24, 2.45) is 11.3 Å². The number of aliphatic hydroxyl groups is 1. The minimum absolute atomic E-state index is 0.0325. The summed E-state index contributed by atoms with van der Waals surface area (Å²) >= 11 is 0. The van der Waals surface area contributed by atoms with E-state index in [1.54, 1.807) is 0 Å². The van der Waals surface area contributed by atoms with Crippen LogP contribution in [0.1, 0.15) is 66.2 Å². The highest BCUT2D eigenvalue weighted by molar-refractivity contribution is 5.70. The van der Waals surface area contributed by atoms with E-state index in [0.717, 1.165) is 19.3 Å². The SMILES string of the molecule is CC(C)(C)OC(=O)C[C@H]1C[C@@]2(C)CCCC=C2C[C@@H]1O. The molecule has 2 rings (SSSR count). The molecule has 1 N–H and O–H groups in total. The van der Waals surface area contributed by atoms with Crippen LogP contribution in [0, 0.1) is 11.3 Å². The van der Waals surface area contributed by atoms with E-state index in [4.69, 9.17) is 4.74 Å². The minimum Gasteiger partial charge on any atom is -0.460 e. The van der Waals surface area contributed by atoms with Crippen LogP contribution in [0.25, 0.3) is 0 Å². The second-order valence-corrected chi connectivity index (χ2v) is 7.71. The Morgan fingerprint density at radius 3 is 2.85 bits per heavy atom. The number of aliphatic hydroxyl groups excluding tert-OH is 1. The van der Waals surface area contributed by atoms with Crippen molar-refractivity contribution in [1.82, 2.24) is 0 Å². The molecular weight excluding hydrogens is 252 g/mol. The van der Waals surface area contributed by atoms with Crippen LogP contribution < -0.4 is 0 Å². The molecule has 0 radical (unpaired) electrons. The zero-order chi connectivity index (χ0) is 15.0. The van der Waals surface area contributed by atoms with Gasteiger partial charge in [0.15, 0.2) is 0 Å². The zero-order valence-electron chi connectivity index (χ0n) is 13.2. The van der Waals surface area contributed by atoms with Crippen LogP contribution in [0.3, 0.4) is 0 Å². The number of esters is 1. The van der Waals surface area contributed by atoms with E-state index >= 15 is 0 Å². The van der Waals surface area contributed by atoms with Crippen molar-refractivity contribution in [2.75, 3.05) is 0 Å². The molecule has 0 aromatic heterocycles. The lowest BCUT2D eigenvalue weighted by molar-refractivity contribution is -0.157. The molecule has 0 aromatic rings. The molecule has 20 heavy (non-hydrogen) atoms. The Kier molecular flexibility index (Phi) is 4.29. The summed E-state index contributed by atoms with van der Waals surface area (Å²) in [5, 5.41) is 10.3. The predicted molar refractivity (Wildman–Crippen MR) is 79.2 cm³/mol. The van der Waals surface area contributed by atoms with Gasteiger partial charge in [-0.1, -0.05) is 18.6 Å². The van der Waals surface area contributed by atoms with Gasteiger partial charge in [0.2, 0.25) is 0 Å². The summed E-state index contributed by atoms with van der Waals surface area (Å²) in [6, 6.07) is 0. The van der Waals surface area contributed by atoms with E-state index in [1.165, 1.54) is 18.4 Å². The maximum absolute atomic E-state index is 12.0. The van der Waals surface area contributed by atoms with E-state index in [1.807, 2.05) is 20.8 Å². The summed E-state index contributed by atoms with van der Waals surface area (Å²) in [5.74, 6) is -0.154. The van der Waals surface area contributed by atoms with E-state index in [2.05, 4.69) is 13.0 Å². The Bertz CT molecular complexity index is 405. The van der Waals surface area contributed by atoms with Gasteiger partial charge in [-0.15, -0.1) is 0 Å². The Balaban J connectivity index is 2.01. The predicted octanol–water partition coefficient (Wildman–Crippen LogP) is 3.61. The van der Waals surface area contributed by atoms with Crippen LogP contribution in [0.4, 0.5) is 0 Å². The highest BCUT2D eigenvalue weighted by Gasteiger charge is 2.42. The van der Waals surface area contributed by atoms with Gasteiger partial charge in [-0.25, -0.2) is 0 Å². The van der Waals surface area contributed by atoms with Crippen LogP contribution in [0.5, 0.6) is 0 Å². The molecule has 0 aliphatic heterocycles. The van der Waals surface area contributed by atoms with E-state index in [9.17, 15) is 9.90 Å². The first-order valence-electron chi connectivity index (χ1n) is 7.79. The molecule has 3 nitrogen and oxygen atoms in total. The summed E-state index contributed by atoms with van der Waals surface area (Å²) in [6.45, 7) is 7.93. The molecule has 0 aromatic carbocycles. The van der Waals surface area contributed by atoms with Crippen LogP contribution in [-0.2, 0) is 9.53 Å². The molecule has 0 amide bonds. The summed E-state index contributed by atoms with van der Waals surface area (Å²) in [4.78, 5) is 12.0. The lowest BCUT2D eigenvalue weighted by Crippen LogP contribution is -2.39. The molecular formula is C17H28O3. The summed E-state index contributed by atoms with van der Waals surface area (Å²) in [6.07, 6.45) is 7.39. The first-order valence-corrected chi connectivity index (χ1v) is 7.79. The Morgan fingerprint density at radius 2 is 2.20 bits per heavy atom. The average Bonchev–Trinajstić information content (AvgIpc) is 2.28. The van der Waals surface area contributed by atoms with Crippen LogP contribution >= 0.6 is 0 Å².